The average molecular weight is 544 g/mol. The summed E-state index contributed by atoms with van der Waals surface area (Å²) in [6, 6.07) is 13.5. The van der Waals surface area contributed by atoms with Crippen molar-refractivity contribution in [1.29, 1.82) is 0 Å². The molecule has 0 radical (unpaired) electrons. The van der Waals surface area contributed by atoms with Crippen molar-refractivity contribution < 1.29 is 4.79 Å². The first-order valence-corrected chi connectivity index (χ1v) is 13.2. The second kappa shape index (κ2) is 9.59. The lowest BCUT2D eigenvalue weighted by Crippen LogP contribution is -2.28. The number of amides is 1. The van der Waals surface area contributed by atoms with Crippen LogP contribution in [-0.2, 0) is 6.42 Å². The van der Waals surface area contributed by atoms with E-state index in [4.69, 9.17) is 15.7 Å². The van der Waals surface area contributed by atoms with Gasteiger partial charge in [-0.05, 0) is 74.2 Å². The van der Waals surface area contributed by atoms with E-state index in [9.17, 15) is 4.79 Å². The third kappa shape index (κ3) is 4.25. The average Bonchev–Trinajstić information content (AvgIpc) is 3.72. The molecule has 3 N–H and O–H groups in total. The van der Waals surface area contributed by atoms with E-state index in [2.05, 4.69) is 42.6 Å². The van der Waals surface area contributed by atoms with Crippen LogP contribution in [0.4, 0.5) is 5.82 Å². The predicted molar refractivity (Wildman–Crippen MR) is 151 cm³/mol. The maximum absolute atomic E-state index is 13.1. The molecule has 1 atom stereocenters. The number of nitrogen functional groups attached to an aromatic ring is 1. The van der Waals surface area contributed by atoms with Crippen molar-refractivity contribution >= 4 is 22.9 Å². The first-order valence-electron chi connectivity index (χ1n) is 13.2. The van der Waals surface area contributed by atoms with Gasteiger partial charge >= 0.3 is 0 Å². The van der Waals surface area contributed by atoms with Crippen LogP contribution in [0, 0.1) is 13.8 Å². The van der Waals surface area contributed by atoms with Gasteiger partial charge in [-0.15, -0.1) is 4.80 Å². The third-order valence-electron chi connectivity index (χ3n) is 7.31. The van der Waals surface area contributed by atoms with Crippen LogP contribution in [0.25, 0.3) is 34.1 Å². The zero-order valence-electron chi connectivity index (χ0n) is 22.4. The summed E-state index contributed by atoms with van der Waals surface area (Å²) in [4.78, 5) is 37.1. The van der Waals surface area contributed by atoms with Crippen LogP contribution < -0.4 is 11.1 Å². The highest BCUT2D eigenvalue weighted by Gasteiger charge is 2.27. The fraction of sp³-hybridized carbons (Fsp3) is 0.172. The second-order valence-corrected chi connectivity index (χ2v) is 9.90. The molecule has 1 aliphatic rings. The van der Waals surface area contributed by atoms with Gasteiger partial charge in [0.15, 0.2) is 17.3 Å². The van der Waals surface area contributed by atoms with E-state index < -0.39 is 0 Å². The Morgan fingerprint density at radius 2 is 1.85 bits per heavy atom. The zero-order valence-corrected chi connectivity index (χ0v) is 22.4. The minimum Gasteiger partial charge on any atom is -0.383 e. The summed E-state index contributed by atoms with van der Waals surface area (Å²) in [7, 11) is 0. The number of aryl methyl sites for hydroxylation is 3. The minimum atomic E-state index is -0.177. The molecule has 0 saturated heterocycles. The third-order valence-corrected chi connectivity index (χ3v) is 7.31. The molecule has 41 heavy (non-hydrogen) atoms. The van der Waals surface area contributed by atoms with Gasteiger partial charge in [0.05, 0.1) is 35.3 Å². The van der Waals surface area contributed by atoms with Crippen molar-refractivity contribution in [2.24, 2.45) is 0 Å². The number of carbonyl (C=O) groups is 1. The number of anilines is 1. The van der Waals surface area contributed by atoms with E-state index in [1.807, 2.05) is 48.7 Å². The molecular weight excluding hydrogens is 518 g/mol. The van der Waals surface area contributed by atoms with E-state index in [-0.39, 0.29) is 11.9 Å². The fourth-order valence-electron chi connectivity index (χ4n) is 5.36. The molecule has 1 aliphatic carbocycles. The van der Waals surface area contributed by atoms with Gasteiger partial charge in [0.2, 0.25) is 0 Å². The molecule has 202 valence electrons. The number of carbonyl (C=O) groups excluding carboxylic acids is 1. The molecule has 12 heteroatoms. The van der Waals surface area contributed by atoms with E-state index >= 15 is 0 Å². The Morgan fingerprint density at radius 1 is 1.00 bits per heavy atom. The molecule has 6 aromatic rings. The number of aromatic nitrogens is 9. The van der Waals surface area contributed by atoms with Gasteiger partial charge in [0.1, 0.15) is 17.2 Å². The van der Waals surface area contributed by atoms with Crippen molar-refractivity contribution in [3.63, 3.8) is 0 Å². The molecule has 1 aromatic carbocycles. The Balaban J connectivity index is 1.30. The van der Waals surface area contributed by atoms with Crippen molar-refractivity contribution in [1.82, 2.24) is 49.8 Å². The van der Waals surface area contributed by atoms with E-state index in [1.54, 1.807) is 24.8 Å². The molecule has 7 rings (SSSR count). The molecule has 0 bridgehead atoms. The summed E-state index contributed by atoms with van der Waals surface area (Å²) in [5, 5.41) is 11.6. The van der Waals surface area contributed by atoms with Crippen molar-refractivity contribution in [3.8, 4) is 22.9 Å². The summed E-state index contributed by atoms with van der Waals surface area (Å²) < 4.78 is 1.98. The molecule has 5 aromatic heterocycles. The highest BCUT2D eigenvalue weighted by atomic mass is 16.1. The first-order chi connectivity index (χ1) is 20.0. The molecule has 0 spiro atoms. The molecule has 0 aliphatic heterocycles. The fourth-order valence-corrected chi connectivity index (χ4v) is 5.36. The van der Waals surface area contributed by atoms with E-state index in [0.29, 0.717) is 51.3 Å². The summed E-state index contributed by atoms with van der Waals surface area (Å²) in [6.07, 6.45) is 8.05. The molecule has 12 nitrogen and oxygen atoms in total. The van der Waals surface area contributed by atoms with Gasteiger partial charge in [0.25, 0.3) is 5.91 Å². The van der Waals surface area contributed by atoms with Gasteiger partial charge in [-0.2, -0.15) is 10.2 Å². The summed E-state index contributed by atoms with van der Waals surface area (Å²) in [5.74, 6) is 2.02. The monoisotopic (exact) mass is 543 g/mol. The number of benzene rings is 1. The number of pyridine rings is 2. The number of hydrogen-bond acceptors (Lipinski definition) is 9. The summed E-state index contributed by atoms with van der Waals surface area (Å²) >= 11 is 0. The Hall–Kier alpha value is -5.52. The van der Waals surface area contributed by atoms with Gasteiger partial charge in [-0.1, -0.05) is 6.07 Å². The number of imidazole rings is 1. The van der Waals surface area contributed by atoms with Crippen molar-refractivity contribution in [3.05, 3.63) is 95.5 Å². The number of rotatable bonds is 5. The van der Waals surface area contributed by atoms with Crippen LogP contribution in [0.15, 0.2) is 67.3 Å². The molecule has 0 saturated carbocycles. The topological polar surface area (TPSA) is 155 Å². The maximum Gasteiger partial charge on any atom is 0.255 e. The van der Waals surface area contributed by atoms with Crippen molar-refractivity contribution in [2.75, 3.05) is 5.73 Å². The number of nitrogens with zero attached hydrogens (tertiary/aromatic N) is 9. The first kappa shape index (κ1) is 24.5. The Bertz CT molecular complexity index is 1940. The quantitative estimate of drug-likeness (QED) is 0.332. The molecule has 1 amide bonds. The highest BCUT2D eigenvalue weighted by molar-refractivity contribution is 5.95. The lowest BCUT2D eigenvalue weighted by Gasteiger charge is -2.16. The largest absolute Gasteiger partial charge is 0.383 e. The normalized spacial score (nSPS) is 14.3. The van der Waals surface area contributed by atoms with Crippen molar-refractivity contribution in [2.45, 2.75) is 32.7 Å². The predicted octanol–water partition coefficient (Wildman–Crippen LogP) is 3.47. The standard InChI is InChI=1S/C29H25N11O/c1-16-22(15-32-17(2)35-16)29(41)37-23-8-5-18-14-19(6-7-20(18)23)39-27(21-4-3-11-31-26(21)30)36-24-9-10-25(38-28(24)39)40-33-12-13-34-40/h3-4,6-7,9-15,23H,5,8H2,1-2H3,(H2,30,31)(H,37,41)/t23-/m0/s1. The van der Waals surface area contributed by atoms with E-state index in [0.717, 1.165) is 29.7 Å². The van der Waals surface area contributed by atoms with Gasteiger partial charge < -0.3 is 11.1 Å². The smallest absolute Gasteiger partial charge is 0.255 e. The van der Waals surface area contributed by atoms with Crippen LogP contribution in [0.2, 0.25) is 0 Å². The number of fused-ring (bicyclic) bond motifs is 2. The number of nitrogens with two attached hydrogens (primary N) is 1. The molecule has 0 fully saturated rings. The van der Waals surface area contributed by atoms with Crippen LogP contribution in [0.3, 0.4) is 0 Å². The van der Waals surface area contributed by atoms with Crippen LogP contribution in [-0.4, -0.2) is 50.4 Å². The number of hydrogen-bond donors (Lipinski definition) is 2. The second-order valence-electron chi connectivity index (χ2n) is 9.90. The maximum atomic E-state index is 13.1. The minimum absolute atomic E-state index is 0.115. The number of nitrogens with one attached hydrogen (secondary N) is 1. The SMILES string of the molecule is Cc1ncc(C(=O)N[C@H]2CCc3cc(-n4c(-c5cccnc5N)nc5ccc(-n6nccn6)nc54)ccc32)c(C)n1. The van der Waals surface area contributed by atoms with Crippen LogP contribution >= 0.6 is 0 Å². The Kier molecular flexibility index (Phi) is 5.73. The molecule has 0 unspecified atom stereocenters. The summed E-state index contributed by atoms with van der Waals surface area (Å²) in [5.41, 5.74) is 12.6. The van der Waals surface area contributed by atoms with Crippen LogP contribution in [0.5, 0.6) is 0 Å². The molecular formula is C29H25N11O. The summed E-state index contributed by atoms with van der Waals surface area (Å²) in [6.45, 7) is 3.63. The zero-order chi connectivity index (χ0) is 28.1. The molecule has 5 heterocycles. The van der Waals surface area contributed by atoms with Gasteiger partial charge in [-0.25, -0.2) is 24.9 Å². The van der Waals surface area contributed by atoms with Gasteiger partial charge in [-0.3, -0.25) is 9.36 Å². The lowest BCUT2D eigenvalue weighted by atomic mass is 10.1. The highest BCUT2D eigenvalue weighted by Crippen LogP contribution is 2.36. The van der Waals surface area contributed by atoms with Gasteiger partial charge in [0, 0.05) is 18.1 Å². The van der Waals surface area contributed by atoms with Crippen LogP contribution in [0.1, 0.15) is 45.5 Å². The Labute approximate surface area is 234 Å². The Morgan fingerprint density at radius 3 is 2.66 bits per heavy atom. The van der Waals surface area contributed by atoms with E-state index in [1.165, 1.54) is 4.80 Å². The lowest BCUT2D eigenvalue weighted by molar-refractivity contribution is 0.0935.